The van der Waals surface area contributed by atoms with Gasteiger partial charge in [0.2, 0.25) is 0 Å². The van der Waals surface area contributed by atoms with Crippen molar-refractivity contribution >= 4 is 32.3 Å². The van der Waals surface area contributed by atoms with Gasteiger partial charge in [0.15, 0.2) is 0 Å². The Labute approximate surface area is 173 Å². The van der Waals surface area contributed by atoms with Gasteiger partial charge in [-0.3, -0.25) is 4.98 Å². The molecule has 0 amide bonds. The van der Waals surface area contributed by atoms with Crippen LogP contribution in [-0.4, -0.2) is 4.98 Å². The molecule has 1 heterocycles. The third kappa shape index (κ3) is 3.28. The molecule has 0 aliphatic heterocycles. The van der Waals surface area contributed by atoms with Gasteiger partial charge in [-0.2, -0.15) is 13.2 Å². The number of benzene rings is 4. The van der Waals surface area contributed by atoms with E-state index >= 15 is 0 Å². The summed E-state index contributed by atoms with van der Waals surface area (Å²) >= 11 is 0. The van der Waals surface area contributed by atoms with E-state index < -0.39 is 18.2 Å². The summed E-state index contributed by atoms with van der Waals surface area (Å²) in [5, 5.41) is 3.64. The van der Waals surface area contributed by atoms with Crippen molar-refractivity contribution in [2.45, 2.75) is 12.6 Å². The van der Waals surface area contributed by atoms with Crippen LogP contribution in [0.3, 0.4) is 0 Å². The molecule has 0 saturated heterocycles. The maximum absolute atomic E-state index is 13.7. The van der Waals surface area contributed by atoms with E-state index in [2.05, 4.69) is 4.98 Å². The van der Waals surface area contributed by atoms with Crippen molar-refractivity contribution in [2.24, 2.45) is 0 Å². The van der Waals surface area contributed by atoms with Crippen LogP contribution in [-0.2, 0) is 6.18 Å². The van der Waals surface area contributed by atoms with Crippen molar-refractivity contribution < 1.29 is 22.0 Å². The molecule has 0 bridgehead atoms. The lowest BCUT2D eigenvalue weighted by atomic mass is 9.95. The lowest BCUT2D eigenvalue weighted by Crippen LogP contribution is -2.04. The van der Waals surface area contributed by atoms with Gasteiger partial charge in [-0.1, -0.05) is 42.5 Å². The molecular formula is C25H14F5N. The number of hydrogen-bond acceptors (Lipinski definition) is 1. The highest BCUT2D eigenvalue weighted by molar-refractivity contribution is 6.11. The van der Waals surface area contributed by atoms with E-state index in [0.717, 1.165) is 12.1 Å². The Balaban J connectivity index is 1.77. The summed E-state index contributed by atoms with van der Waals surface area (Å²) < 4.78 is 66.7. The van der Waals surface area contributed by atoms with Gasteiger partial charge in [0, 0.05) is 22.7 Å². The van der Waals surface area contributed by atoms with Gasteiger partial charge in [-0.25, -0.2) is 8.78 Å². The van der Waals surface area contributed by atoms with E-state index in [1.807, 2.05) is 0 Å². The summed E-state index contributed by atoms with van der Waals surface area (Å²) in [6, 6.07) is 18.8. The summed E-state index contributed by atoms with van der Waals surface area (Å²) in [4.78, 5) is 4.42. The van der Waals surface area contributed by atoms with Crippen LogP contribution < -0.4 is 0 Å². The molecule has 5 aromatic rings. The van der Waals surface area contributed by atoms with Gasteiger partial charge in [0.1, 0.15) is 0 Å². The van der Waals surface area contributed by atoms with Crippen LogP contribution in [0.4, 0.5) is 22.0 Å². The number of alkyl halides is 5. The van der Waals surface area contributed by atoms with Crippen LogP contribution >= 0.6 is 0 Å². The topological polar surface area (TPSA) is 12.9 Å². The van der Waals surface area contributed by atoms with Crippen molar-refractivity contribution in [1.29, 1.82) is 0 Å². The normalized spacial score (nSPS) is 12.3. The predicted octanol–water partition coefficient (Wildman–Crippen LogP) is 8.16. The molecule has 0 spiro atoms. The van der Waals surface area contributed by atoms with Crippen molar-refractivity contribution in [3.8, 4) is 11.3 Å². The average molecular weight is 423 g/mol. The fourth-order valence-electron chi connectivity index (χ4n) is 4.06. The molecule has 0 atom stereocenters. The minimum Gasteiger partial charge on any atom is -0.256 e. The quantitative estimate of drug-likeness (QED) is 0.206. The van der Waals surface area contributed by atoms with Crippen molar-refractivity contribution in [3.05, 3.63) is 90.1 Å². The smallest absolute Gasteiger partial charge is 0.256 e. The first-order valence-corrected chi connectivity index (χ1v) is 9.53. The van der Waals surface area contributed by atoms with Crippen molar-refractivity contribution in [1.82, 2.24) is 4.98 Å². The molecule has 0 N–H and O–H groups in total. The molecule has 1 nitrogen and oxygen atoms in total. The van der Waals surface area contributed by atoms with Gasteiger partial charge in [0.25, 0.3) is 6.43 Å². The molecule has 0 aliphatic carbocycles. The van der Waals surface area contributed by atoms with E-state index in [1.54, 1.807) is 54.7 Å². The Morgan fingerprint density at radius 3 is 2.19 bits per heavy atom. The van der Waals surface area contributed by atoms with Gasteiger partial charge < -0.3 is 0 Å². The first-order valence-electron chi connectivity index (χ1n) is 9.53. The molecule has 154 valence electrons. The zero-order chi connectivity index (χ0) is 21.8. The maximum Gasteiger partial charge on any atom is 0.416 e. The molecule has 6 heteroatoms. The van der Waals surface area contributed by atoms with Gasteiger partial charge in [0.05, 0.1) is 11.3 Å². The molecule has 4 aromatic carbocycles. The van der Waals surface area contributed by atoms with Gasteiger partial charge in [-0.15, -0.1) is 0 Å². The number of aromatic nitrogens is 1. The van der Waals surface area contributed by atoms with Crippen LogP contribution in [0.5, 0.6) is 0 Å². The summed E-state index contributed by atoms with van der Waals surface area (Å²) in [6.07, 6.45) is -5.53. The lowest BCUT2D eigenvalue weighted by Gasteiger charge is -2.13. The van der Waals surface area contributed by atoms with Crippen molar-refractivity contribution in [2.75, 3.05) is 0 Å². The Morgan fingerprint density at radius 1 is 0.677 bits per heavy atom. The highest BCUT2D eigenvalue weighted by Gasteiger charge is 2.30. The standard InChI is InChI=1S/C25H14F5N/c26-24(27)22-13-16(11-14-3-1-2-4-18(14)22)23-21-7-5-15-12-17(25(28,29)30)6-8-19(15)20(21)9-10-31-23/h1-13,24H. The third-order valence-electron chi connectivity index (χ3n) is 5.49. The third-order valence-corrected chi connectivity index (χ3v) is 5.49. The van der Waals surface area contributed by atoms with Crippen LogP contribution in [0.2, 0.25) is 0 Å². The predicted molar refractivity (Wildman–Crippen MR) is 112 cm³/mol. The molecular weight excluding hydrogens is 409 g/mol. The highest BCUT2D eigenvalue weighted by atomic mass is 19.4. The van der Waals surface area contributed by atoms with Crippen LogP contribution in [0.1, 0.15) is 17.6 Å². The number of rotatable bonds is 2. The molecule has 31 heavy (non-hydrogen) atoms. The van der Waals surface area contributed by atoms with E-state index in [1.165, 1.54) is 12.1 Å². The zero-order valence-electron chi connectivity index (χ0n) is 15.9. The number of pyridine rings is 1. The van der Waals surface area contributed by atoms with E-state index in [4.69, 9.17) is 0 Å². The Hall–Kier alpha value is -3.54. The number of nitrogens with zero attached hydrogens (tertiary/aromatic N) is 1. The van der Waals surface area contributed by atoms with Crippen LogP contribution in [0, 0.1) is 0 Å². The molecule has 0 aliphatic rings. The van der Waals surface area contributed by atoms with E-state index in [0.29, 0.717) is 43.6 Å². The van der Waals surface area contributed by atoms with E-state index in [-0.39, 0.29) is 5.56 Å². The zero-order valence-corrected chi connectivity index (χ0v) is 15.9. The largest absolute Gasteiger partial charge is 0.416 e. The minimum absolute atomic E-state index is 0.0810. The molecule has 0 saturated carbocycles. The summed E-state index contributed by atoms with van der Waals surface area (Å²) in [5.41, 5.74) is 0.241. The second-order valence-corrected chi connectivity index (χ2v) is 7.34. The fraction of sp³-hybridized carbons (Fsp3) is 0.0800. The molecule has 5 rings (SSSR count). The lowest BCUT2D eigenvalue weighted by molar-refractivity contribution is -0.137. The SMILES string of the molecule is FC(F)c1cc(-c2nccc3c2ccc2cc(C(F)(F)F)ccc23)cc2ccccc12. The maximum atomic E-state index is 13.7. The van der Waals surface area contributed by atoms with Gasteiger partial charge in [-0.05, 0) is 57.3 Å². The minimum atomic E-state index is -4.43. The van der Waals surface area contributed by atoms with Gasteiger partial charge >= 0.3 is 6.18 Å². The van der Waals surface area contributed by atoms with Crippen LogP contribution in [0.15, 0.2) is 79.0 Å². The summed E-state index contributed by atoms with van der Waals surface area (Å²) in [7, 11) is 0. The van der Waals surface area contributed by atoms with Crippen molar-refractivity contribution in [3.63, 3.8) is 0 Å². The Kier molecular flexibility index (Phi) is 4.39. The number of hydrogen-bond donors (Lipinski definition) is 0. The second-order valence-electron chi connectivity index (χ2n) is 7.34. The number of fused-ring (bicyclic) bond motifs is 4. The van der Waals surface area contributed by atoms with E-state index in [9.17, 15) is 22.0 Å². The van der Waals surface area contributed by atoms with Crippen LogP contribution in [0.25, 0.3) is 43.6 Å². The molecule has 0 radical (unpaired) electrons. The molecule has 0 unspecified atom stereocenters. The second kappa shape index (κ2) is 7.01. The Bertz CT molecular complexity index is 1450. The first-order chi connectivity index (χ1) is 14.8. The first kappa shape index (κ1) is 19.4. The number of halogens is 5. The molecule has 1 aromatic heterocycles. The fourth-order valence-corrected chi connectivity index (χ4v) is 4.06. The Morgan fingerprint density at radius 2 is 1.42 bits per heavy atom. The highest BCUT2D eigenvalue weighted by Crippen LogP contribution is 2.38. The summed E-state index contributed by atoms with van der Waals surface area (Å²) in [5.74, 6) is 0. The monoisotopic (exact) mass is 423 g/mol. The average Bonchev–Trinajstić information content (AvgIpc) is 2.76. The molecule has 0 fully saturated rings. The summed E-state index contributed by atoms with van der Waals surface area (Å²) in [6.45, 7) is 0.